The van der Waals surface area contributed by atoms with E-state index in [4.69, 9.17) is 14.6 Å². The van der Waals surface area contributed by atoms with Crippen molar-refractivity contribution in [3.63, 3.8) is 0 Å². The smallest absolute Gasteiger partial charge is 0.227 e. The van der Waals surface area contributed by atoms with Crippen molar-refractivity contribution in [3.05, 3.63) is 42.4 Å². The standard InChI is InChI=1S/C12H12N2O3/c1-16-10-2-4-11(5-3-10)17-12-9(7-15)6-13-8-14-12/h2-6,8,15H,7H2,1H3. The molecule has 0 aliphatic heterocycles. The molecule has 0 saturated heterocycles. The van der Waals surface area contributed by atoms with E-state index in [9.17, 15) is 0 Å². The summed E-state index contributed by atoms with van der Waals surface area (Å²) in [4.78, 5) is 7.78. The second-order valence-corrected chi connectivity index (χ2v) is 3.29. The van der Waals surface area contributed by atoms with Gasteiger partial charge in [-0.3, -0.25) is 0 Å². The van der Waals surface area contributed by atoms with Crippen molar-refractivity contribution in [2.45, 2.75) is 6.61 Å². The van der Waals surface area contributed by atoms with Gasteiger partial charge in [-0.2, -0.15) is 0 Å². The van der Waals surface area contributed by atoms with Crippen LogP contribution < -0.4 is 9.47 Å². The van der Waals surface area contributed by atoms with Crippen molar-refractivity contribution >= 4 is 0 Å². The second kappa shape index (κ2) is 5.27. The molecule has 0 aliphatic carbocycles. The number of ether oxygens (including phenoxy) is 2. The Kier molecular flexibility index (Phi) is 3.52. The topological polar surface area (TPSA) is 64.5 Å². The molecule has 5 nitrogen and oxygen atoms in total. The van der Waals surface area contributed by atoms with E-state index in [2.05, 4.69) is 9.97 Å². The van der Waals surface area contributed by atoms with Crippen molar-refractivity contribution < 1.29 is 14.6 Å². The lowest BCUT2D eigenvalue weighted by atomic mass is 10.3. The molecule has 0 fully saturated rings. The Morgan fingerprint density at radius 2 is 1.88 bits per heavy atom. The predicted octanol–water partition coefficient (Wildman–Crippen LogP) is 1.77. The van der Waals surface area contributed by atoms with Crippen LogP contribution in [0.5, 0.6) is 17.4 Å². The third kappa shape index (κ3) is 2.70. The number of methoxy groups -OCH3 is 1. The highest BCUT2D eigenvalue weighted by molar-refractivity contribution is 5.34. The number of aliphatic hydroxyl groups excluding tert-OH is 1. The highest BCUT2D eigenvalue weighted by Gasteiger charge is 2.05. The summed E-state index contributed by atoms with van der Waals surface area (Å²) in [7, 11) is 1.60. The molecule has 0 amide bonds. The van der Waals surface area contributed by atoms with Crippen LogP contribution in [0, 0.1) is 0 Å². The Morgan fingerprint density at radius 1 is 1.18 bits per heavy atom. The Hall–Kier alpha value is -2.14. The number of aliphatic hydroxyl groups is 1. The van der Waals surface area contributed by atoms with E-state index in [1.807, 2.05) is 0 Å². The Labute approximate surface area is 98.7 Å². The summed E-state index contributed by atoms with van der Waals surface area (Å²) < 4.78 is 10.6. The fourth-order valence-electron chi connectivity index (χ4n) is 1.30. The third-order valence-corrected chi connectivity index (χ3v) is 2.19. The zero-order valence-electron chi connectivity index (χ0n) is 9.33. The molecule has 0 atom stereocenters. The summed E-state index contributed by atoms with van der Waals surface area (Å²) in [6, 6.07) is 7.11. The van der Waals surface area contributed by atoms with Gasteiger partial charge in [0.1, 0.15) is 17.8 Å². The summed E-state index contributed by atoms with van der Waals surface area (Å²) in [5.41, 5.74) is 0.545. The maximum absolute atomic E-state index is 9.10. The molecule has 0 saturated carbocycles. The van der Waals surface area contributed by atoms with Crippen LogP contribution in [0.1, 0.15) is 5.56 Å². The normalized spacial score (nSPS) is 10.0. The Bertz CT molecular complexity index is 485. The minimum Gasteiger partial charge on any atom is -0.497 e. The van der Waals surface area contributed by atoms with Gasteiger partial charge in [-0.05, 0) is 24.3 Å². The first kappa shape index (κ1) is 11.3. The maximum atomic E-state index is 9.10. The Morgan fingerprint density at radius 3 is 2.53 bits per heavy atom. The molecule has 2 aromatic rings. The fraction of sp³-hybridized carbons (Fsp3) is 0.167. The molecule has 0 spiro atoms. The van der Waals surface area contributed by atoms with Gasteiger partial charge in [0.2, 0.25) is 5.88 Å². The van der Waals surface area contributed by atoms with E-state index in [0.29, 0.717) is 17.2 Å². The highest BCUT2D eigenvalue weighted by Crippen LogP contribution is 2.24. The molecular weight excluding hydrogens is 220 g/mol. The number of hydrogen-bond acceptors (Lipinski definition) is 5. The van der Waals surface area contributed by atoms with Crippen LogP contribution in [0.4, 0.5) is 0 Å². The molecule has 0 bridgehead atoms. The molecule has 5 heteroatoms. The van der Waals surface area contributed by atoms with E-state index >= 15 is 0 Å². The van der Waals surface area contributed by atoms with Gasteiger partial charge in [0, 0.05) is 6.20 Å². The first-order valence-corrected chi connectivity index (χ1v) is 5.05. The monoisotopic (exact) mass is 232 g/mol. The van der Waals surface area contributed by atoms with Gasteiger partial charge < -0.3 is 14.6 Å². The zero-order valence-corrected chi connectivity index (χ0v) is 9.33. The molecule has 2 rings (SSSR count). The average molecular weight is 232 g/mol. The lowest BCUT2D eigenvalue weighted by Gasteiger charge is -2.08. The van der Waals surface area contributed by atoms with Gasteiger partial charge >= 0.3 is 0 Å². The van der Waals surface area contributed by atoms with Gasteiger partial charge in [0.15, 0.2) is 0 Å². The summed E-state index contributed by atoms with van der Waals surface area (Å²) in [5, 5.41) is 9.10. The van der Waals surface area contributed by atoms with Crippen LogP contribution in [0.25, 0.3) is 0 Å². The van der Waals surface area contributed by atoms with Gasteiger partial charge in [0.25, 0.3) is 0 Å². The van der Waals surface area contributed by atoms with Crippen molar-refractivity contribution in [3.8, 4) is 17.4 Å². The van der Waals surface area contributed by atoms with Gasteiger partial charge in [-0.1, -0.05) is 0 Å². The van der Waals surface area contributed by atoms with Crippen molar-refractivity contribution in [2.24, 2.45) is 0 Å². The molecular formula is C12H12N2O3. The van der Waals surface area contributed by atoms with E-state index in [1.165, 1.54) is 12.5 Å². The molecule has 88 valence electrons. The van der Waals surface area contributed by atoms with E-state index < -0.39 is 0 Å². The van der Waals surface area contributed by atoms with Crippen molar-refractivity contribution in [1.82, 2.24) is 9.97 Å². The van der Waals surface area contributed by atoms with Crippen LogP contribution >= 0.6 is 0 Å². The SMILES string of the molecule is COc1ccc(Oc2ncncc2CO)cc1. The van der Waals surface area contributed by atoms with Crippen LogP contribution in [-0.2, 0) is 6.61 Å². The van der Waals surface area contributed by atoms with Gasteiger partial charge in [-0.15, -0.1) is 0 Å². The van der Waals surface area contributed by atoms with Gasteiger partial charge in [-0.25, -0.2) is 9.97 Å². The molecule has 1 aromatic heterocycles. The summed E-state index contributed by atoms with van der Waals surface area (Å²) in [5.74, 6) is 1.73. The Balaban J connectivity index is 2.19. The number of nitrogens with zero attached hydrogens (tertiary/aromatic N) is 2. The molecule has 0 aliphatic rings. The minimum absolute atomic E-state index is 0.160. The molecule has 0 unspecified atom stereocenters. The summed E-state index contributed by atoms with van der Waals surface area (Å²) in [6.45, 7) is -0.160. The third-order valence-electron chi connectivity index (χ3n) is 2.19. The van der Waals surface area contributed by atoms with Crippen LogP contribution in [-0.4, -0.2) is 22.2 Å². The largest absolute Gasteiger partial charge is 0.497 e. The quantitative estimate of drug-likeness (QED) is 0.870. The number of rotatable bonds is 4. The van der Waals surface area contributed by atoms with Crippen LogP contribution in [0.3, 0.4) is 0 Å². The number of benzene rings is 1. The van der Waals surface area contributed by atoms with E-state index in [-0.39, 0.29) is 6.61 Å². The lowest BCUT2D eigenvalue weighted by Crippen LogP contribution is -1.95. The molecule has 0 radical (unpaired) electrons. The number of aromatic nitrogens is 2. The first-order chi connectivity index (χ1) is 8.33. The first-order valence-electron chi connectivity index (χ1n) is 5.05. The van der Waals surface area contributed by atoms with Crippen LogP contribution in [0.15, 0.2) is 36.8 Å². The highest BCUT2D eigenvalue weighted by atomic mass is 16.5. The maximum Gasteiger partial charge on any atom is 0.227 e. The van der Waals surface area contributed by atoms with Crippen LogP contribution in [0.2, 0.25) is 0 Å². The van der Waals surface area contributed by atoms with Crippen molar-refractivity contribution in [1.29, 1.82) is 0 Å². The molecule has 17 heavy (non-hydrogen) atoms. The van der Waals surface area contributed by atoms with Gasteiger partial charge in [0.05, 0.1) is 19.3 Å². The average Bonchev–Trinajstić information content (AvgIpc) is 2.40. The molecule has 1 N–H and O–H groups in total. The molecule has 1 aromatic carbocycles. The lowest BCUT2D eigenvalue weighted by molar-refractivity contribution is 0.274. The van der Waals surface area contributed by atoms with E-state index in [1.54, 1.807) is 31.4 Å². The molecule has 1 heterocycles. The zero-order chi connectivity index (χ0) is 12.1. The summed E-state index contributed by atoms with van der Waals surface area (Å²) in [6.07, 6.45) is 2.89. The van der Waals surface area contributed by atoms with Crippen molar-refractivity contribution in [2.75, 3.05) is 7.11 Å². The second-order valence-electron chi connectivity index (χ2n) is 3.29. The fourth-order valence-corrected chi connectivity index (χ4v) is 1.30. The van der Waals surface area contributed by atoms with E-state index in [0.717, 1.165) is 5.75 Å². The minimum atomic E-state index is -0.160. The summed E-state index contributed by atoms with van der Waals surface area (Å²) >= 11 is 0. The number of hydrogen-bond donors (Lipinski definition) is 1. The predicted molar refractivity (Wildman–Crippen MR) is 61.0 cm³/mol.